The molecule has 53 heavy (non-hydrogen) atoms. The van der Waals surface area contributed by atoms with E-state index in [0.717, 1.165) is 70.6 Å². The summed E-state index contributed by atoms with van der Waals surface area (Å²) in [5.41, 5.74) is 0. The second kappa shape index (κ2) is 31.0. The van der Waals surface area contributed by atoms with Crippen LogP contribution in [0.2, 0.25) is 6.04 Å². The SMILES string of the molecule is C=C(NCCCCCCOC#N)N(CCCCCCNC(=O)N(CC[Si](CO)(OC)OC)C(=C)[Si](CO)(OC)OC)C(=O)NCCCCCCOC#N. The number of nitrogens with one attached hydrogen (secondary N) is 3. The minimum absolute atomic E-state index is 0.102. The number of nitrogens with zero attached hydrogens (tertiary/aromatic N) is 4. The van der Waals surface area contributed by atoms with Crippen molar-refractivity contribution in [1.82, 2.24) is 25.8 Å². The highest BCUT2D eigenvalue weighted by Gasteiger charge is 2.45. The van der Waals surface area contributed by atoms with E-state index in [9.17, 15) is 19.8 Å². The van der Waals surface area contributed by atoms with E-state index in [4.69, 9.17) is 37.7 Å². The summed E-state index contributed by atoms with van der Waals surface area (Å²) in [5.74, 6) is 0.529. The number of unbranched alkanes of at least 4 members (excludes halogenated alkanes) is 9. The number of nitriles is 2. The van der Waals surface area contributed by atoms with Gasteiger partial charge in [0.2, 0.25) is 0 Å². The zero-order chi connectivity index (χ0) is 39.8. The molecule has 0 aromatic carbocycles. The van der Waals surface area contributed by atoms with Gasteiger partial charge in [-0.2, -0.15) is 10.5 Å². The van der Waals surface area contributed by atoms with E-state index in [0.29, 0.717) is 51.6 Å². The topological polar surface area (TPSA) is 220 Å². The molecule has 0 aliphatic carbocycles. The number of carbonyl (C=O) groups is 2. The summed E-state index contributed by atoms with van der Waals surface area (Å²) < 4.78 is 31.5. The number of rotatable bonds is 34. The van der Waals surface area contributed by atoms with E-state index >= 15 is 0 Å². The fraction of sp³-hybridized carbons (Fsp3) is 0.765. The van der Waals surface area contributed by atoms with Gasteiger partial charge in [-0.05, 0) is 51.4 Å². The third-order valence-corrected chi connectivity index (χ3v) is 14.7. The lowest BCUT2D eigenvalue weighted by atomic mass is 10.2. The van der Waals surface area contributed by atoms with Crippen LogP contribution in [0.3, 0.4) is 0 Å². The zero-order valence-corrected chi connectivity index (χ0v) is 34.4. The van der Waals surface area contributed by atoms with Gasteiger partial charge < -0.3 is 53.3 Å². The van der Waals surface area contributed by atoms with Gasteiger partial charge >= 0.3 is 29.2 Å². The molecule has 304 valence electrons. The van der Waals surface area contributed by atoms with Crippen LogP contribution in [-0.2, 0) is 27.2 Å². The van der Waals surface area contributed by atoms with Crippen molar-refractivity contribution >= 4 is 29.2 Å². The average Bonchev–Trinajstić information content (AvgIpc) is 3.17. The Morgan fingerprint density at radius 2 is 1.08 bits per heavy atom. The van der Waals surface area contributed by atoms with E-state index in [1.807, 2.05) is 0 Å². The molecule has 0 aliphatic heterocycles. The Labute approximate surface area is 318 Å². The normalized spacial score (nSPS) is 11.2. The molecule has 17 nitrogen and oxygen atoms in total. The van der Waals surface area contributed by atoms with Crippen molar-refractivity contribution in [3.05, 3.63) is 24.3 Å². The fourth-order valence-electron chi connectivity index (χ4n) is 5.30. The van der Waals surface area contributed by atoms with Crippen LogP contribution in [0, 0.1) is 23.0 Å². The summed E-state index contributed by atoms with van der Waals surface area (Å²) in [4.78, 5) is 29.6. The Hall–Kier alpha value is -3.41. The van der Waals surface area contributed by atoms with Gasteiger partial charge in [0.05, 0.1) is 17.8 Å². The monoisotopic (exact) mass is 787 g/mol. The van der Waals surface area contributed by atoms with Gasteiger partial charge in [0.15, 0.2) is 0 Å². The molecule has 4 amide bonds. The molecule has 0 aliphatic rings. The van der Waals surface area contributed by atoms with Gasteiger partial charge in [-0.15, -0.1) is 0 Å². The predicted molar refractivity (Wildman–Crippen MR) is 204 cm³/mol. The third kappa shape index (κ3) is 20.0. The van der Waals surface area contributed by atoms with Crippen LogP contribution in [-0.4, -0.2) is 136 Å². The number of hydrogen-bond donors (Lipinski definition) is 5. The van der Waals surface area contributed by atoms with Gasteiger partial charge in [-0.25, -0.2) is 9.59 Å². The maximum Gasteiger partial charge on any atom is 0.414 e. The van der Waals surface area contributed by atoms with Crippen LogP contribution in [0.4, 0.5) is 9.59 Å². The van der Waals surface area contributed by atoms with Gasteiger partial charge in [0.25, 0.3) is 12.5 Å². The zero-order valence-electron chi connectivity index (χ0n) is 32.4. The first-order valence-corrected chi connectivity index (χ1v) is 22.5. The molecule has 0 saturated heterocycles. The summed E-state index contributed by atoms with van der Waals surface area (Å²) in [7, 11) is -0.650. The van der Waals surface area contributed by atoms with Gasteiger partial charge in [-0.1, -0.05) is 38.8 Å². The lowest BCUT2D eigenvalue weighted by Crippen LogP contribution is -2.56. The molecule has 0 unspecified atom stereocenters. The van der Waals surface area contributed by atoms with E-state index < -0.39 is 29.4 Å². The standard InChI is InChI=1S/C34H65N7O10Si2/c1-31(37-19-13-8-11-17-24-50-27-35)40(33(44)38-20-15-9-12-18-25-51-28-36)22-16-10-7-14-21-39-34(45)41(23-26-52(29-42,46-3)47-4)32(2)53(30-43,48-5)49-6/h37,42-43H,1-2,7-26,29-30H2,3-6H3,(H,38,44)(H,39,45). The Bertz CT molecular complexity index is 1060. The van der Waals surface area contributed by atoms with Crippen LogP contribution in [0.1, 0.15) is 77.0 Å². The number of urea groups is 2. The number of amides is 4. The smallest absolute Gasteiger partial charge is 0.414 e. The molecule has 0 aromatic heterocycles. The Balaban J connectivity index is 5.11. The van der Waals surface area contributed by atoms with E-state index in [1.54, 1.807) is 17.4 Å². The quantitative estimate of drug-likeness (QED) is 0.0360. The van der Waals surface area contributed by atoms with Crippen LogP contribution >= 0.6 is 0 Å². The lowest BCUT2D eigenvalue weighted by Gasteiger charge is -2.36. The second-order valence-corrected chi connectivity index (χ2v) is 18.9. The lowest BCUT2D eigenvalue weighted by molar-refractivity contribution is 0.177. The van der Waals surface area contributed by atoms with Crippen molar-refractivity contribution < 1.29 is 47.0 Å². The molecule has 0 heterocycles. The van der Waals surface area contributed by atoms with Crippen LogP contribution in [0.5, 0.6) is 0 Å². The molecule has 0 saturated carbocycles. The van der Waals surface area contributed by atoms with Crippen molar-refractivity contribution in [1.29, 1.82) is 10.5 Å². The molecule has 0 atom stereocenters. The summed E-state index contributed by atoms with van der Waals surface area (Å²) in [6, 6.07) is -0.422. The fourth-order valence-corrected chi connectivity index (χ4v) is 8.55. The van der Waals surface area contributed by atoms with Crippen molar-refractivity contribution in [2.75, 3.05) is 86.8 Å². The number of aliphatic hydroxyl groups excluding tert-OH is 2. The molecule has 0 rings (SSSR count). The minimum atomic E-state index is -3.39. The Kier molecular flexibility index (Phi) is 29.0. The van der Waals surface area contributed by atoms with Gasteiger partial charge in [0.1, 0.15) is 19.0 Å². The van der Waals surface area contributed by atoms with Gasteiger partial charge in [0, 0.05) is 67.2 Å². The molecule has 0 fully saturated rings. The Morgan fingerprint density at radius 1 is 0.623 bits per heavy atom. The minimum Gasteiger partial charge on any atom is -0.428 e. The highest BCUT2D eigenvalue weighted by molar-refractivity contribution is 6.74. The van der Waals surface area contributed by atoms with E-state index in [2.05, 4.69) is 29.1 Å². The van der Waals surface area contributed by atoms with Crippen molar-refractivity contribution in [3.8, 4) is 12.5 Å². The van der Waals surface area contributed by atoms with Crippen LogP contribution < -0.4 is 16.0 Å². The maximum atomic E-state index is 13.4. The summed E-state index contributed by atoms with van der Waals surface area (Å²) in [5, 5.41) is 46.3. The van der Waals surface area contributed by atoms with Crippen molar-refractivity contribution in [2.45, 2.75) is 83.1 Å². The average molecular weight is 788 g/mol. The predicted octanol–water partition coefficient (Wildman–Crippen LogP) is 3.33. The first-order valence-electron chi connectivity index (χ1n) is 18.3. The third-order valence-electron chi connectivity index (χ3n) is 8.82. The van der Waals surface area contributed by atoms with Crippen molar-refractivity contribution in [3.63, 3.8) is 0 Å². The molecule has 0 spiro atoms. The van der Waals surface area contributed by atoms with E-state index in [-0.39, 0.29) is 30.2 Å². The number of ether oxygens (including phenoxy) is 2. The number of aliphatic hydroxyl groups is 2. The largest absolute Gasteiger partial charge is 0.428 e. The van der Waals surface area contributed by atoms with Crippen LogP contribution in [0.25, 0.3) is 0 Å². The highest BCUT2D eigenvalue weighted by atomic mass is 28.4. The molecule has 19 heteroatoms. The number of hydrogen-bond acceptors (Lipinski definition) is 13. The van der Waals surface area contributed by atoms with Gasteiger partial charge in [-0.3, -0.25) is 9.80 Å². The van der Waals surface area contributed by atoms with Crippen LogP contribution in [0.15, 0.2) is 24.3 Å². The highest BCUT2D eigenvalue weighted by Crippen LogP contribution is 2.22. The molecule has 5 N–H and O–H groups in total. The first kappa shape index (κ1) is 49.6. The second-order valence-electron chi connectivity index (χ2n) is 12.3. The molecule has 0 radical (unpaired) electrons. The maximum absolute atomic E-state index is 13.4. The Morgan fingerprint density at radius 3 is 1.51 bits per heavy atom. The molecule has 0 bridgehead atoms. The summed E-state index contributed by atoms with van der Waals surface area (Å²) in [6.07, 6.45) is 12.6. The van der Waals surface area contributed by atoms with E-state index in [1.165, 1.54) is 33.3 Å². The summed E-state index contributed by atoms with van der Waals surface area (Å²) >= 11 is 0. The summed E-state index contributed by atoms with van der Waals surface area (Å²) in [6.45, 7) is 11.1. The molecule has 0 aromatic rings. The first-order chi connectivity index (χ1) is 25.6. The number of carbonyl (C=O) groups excluding carboxylic acids is 2. The molecular weight excluding hydrogens is 723 g/mol. The van der Waals surface area contributed by atoms with Crippen molar-refractivity contribution in [2.24, 2.45) is 0 Å². The molecular formula is C34H65N7O10Si2.